The maximum atomic E-state index is 13.2. The molecule has 0 aliphatic heterocycles. The van der Waals surface area contributed by atoms with Gasteiger partial charge in [0.05, 0.1) is 32.1 Å². The van der Waals surface area contributed by atoms with E-state index in [1.807, 2.05) is 24.3 Å². The van der Waals surface area contributed by atoms with Crippen LogP contribution >= 0.6 is 11.3 Å². The highest BCUT2D eigenvalue weighted by atomic mass is 32.2. The molecule has 0 amide bonds. The molecule has 0 spiro atoms. The molecule has 5 aromatic rings. The van der Waals surface area contributed by atoms with Gasteiger partial charge >= 0.3 is 0 Å². The van der Waals surface area contributed by atoms with Gasteiger partial charge in [0, 0.05) is 11.9 Å². The topological polar surface area (TPSA) is 122 Å². The molecular formula is C24H20N6O3S2. The molecule has 3 aromatic heterocycles. The number of nitrogens with zero attached hydrogens (tertiary/aromatic N) is 4. The van der Waals surface area contributed by atoms with Gasteiger partial charge in [-0.1, -0.05) is 29.5 Å². The number of aliphatic imine (C=N–C) groups is 1. The first-order valence-corrected chi connectivity index (χ1v) is 12.9. The number of pyridine rings is 1. The summed E-state index contributed by atoms with van der Waals surface area (Å²) in [6, 6.07) is 18.8. The fourth-order valence-corrected chi connectivity index (χ4v) is 5.57. The van der Waals surface area contributed by atoms with Crippen LogP contribution in [-0.2, 0) is 10.0 Å². The average molecular weight is 505 g/mol. The van der Waals surface area contributed by atoms with Crippen molar-refractivity contribution in [2.45, 2.75) is 18.7 Å². The number of thiazole rings is 1. The Morgan fingerprint density at radius 2 is 1.80 bits per heavy atom. The smallest absolute Gasteiger partial charge is 0.282 e. The van der Waals surface area contributed by atoms with Gasteiger partial charge in [0.15, 0.2) is 0 Å². The number of sulfonamides is 1. The van der Waals surface area contributed by atoms with Gasteiger partial charge in [-0.15, -0.1) is 0 Å². The van der Waals surface area contributed by atoms with E-state index in [0.717, 1.165) is 10.2 Å². The van der Waals surface area contributed by atoms with E-state index in [2.05, 4.69) is 24.8 Å². The molecule has 0 bridgehead atoms. The fraction of sp³-hybridized carbons (Fsp3) is 0.0833. The number of nitrogens with one attached hydrogen (secondary N) is 2. The van der Waals surface area contributed by atoms with Crippen LogP contribution in [0.3, 0.4) is 0 Å². The summed E-state index contributed by atoms with van der Waals surface area (Å²) in [7, 11) is -3.79. The van der Waals surface area contributed by atoms with Crippen LogP contribution in [0.2, 0.25) is 0 Å². The molecule has 0 radical (unpaired) electrons. The summed E-state index contributed by atoms with van der Waals surface area (Å²) in [4.78, 5) is 26.3. The lowest BCUT2D eigenvalue weighted by molar-refractivity contribution is 0.601. The Bertz CT molecular complexity index is 1680. The van der Waals surface area contributed by atoms with Gasteiger partial charge in [0.2, 0.25) is 5.13 Å². The van der Waals surface area contributed by atoms with Crippen LogP contribution in [0.25, 0.3) is 15.3 Å². The van der Waals surface area contributed by atoms with E-state index in [1.165, 1.54) is 34.3 Å². The van der Waals surface area contributed by atoms with Gasteiger partial charge in [-0.3, -0.25) is 19.6 Å². The van der Waals surface area contributed by atoms with Gasteiger partial charge in [-0.2, -0.15) is 4.68 Å². The maximum absolute atomic E-state index is 13.2. The lowest BCUT2D eigenvalue weighted by atomic mass is 10.2. The fourth-order valence-electron chi connectivity index (χ4n) is 3.63. The van der Waals surface area contributed by atoms with Gasteiger partial charge in [0.25, 0.3) is 15.6 Å². The van der Waals surface area contributed by atoms with E-state index >= 15 is 0 Å². The highest BCUT2D eigenvalue weighted by Gasteiger charge is 2.18. The third-order valence-corrected chi connectivity index (χ3v) is 7.65. The number of para-hydroxylation sites is 1. The molecule has 35 heavy (non-hydrogen) atoms. The van der Waals surface area contributed by atoms with Gasteiger partial charge in [0.1, 0.15) is 5.82 Å². The Hall–Kier alpha value is -4.09. The van der Waals surface area contributed by atoms with Crippen molar-refractivity contribution in [1.29, 1.82) is 0 Å². The summed E-state index contributed by atoms with van der Waals surface area (Å²) in [6.07, 6.45) is 1.51. The monoisotopic (exact) mass is 504 g/mol. The normalized spacial score (nSPS) is 12.2. The van der Waals surface area contributed by atoms with E-state index < -0.39 is 10.0 Å². The van der Waals surface area contributed by atoms with Crippen molar-refractivity contribution in [2.75, 3.05) is 4.72 Å². The van der Waals surface area contributed by atoms with Gasteiger partial charge in [-0.05, 0) is 62.4 Å². The van der Waals surface area contributed by atoms with Crippen molar-refractivity contribution in [2.24, 2.45) is 4.99 Å². The number of hydrogen-bond donors (Lipinski definition) is 2. The number of aromatic nitrogens is 4. The van der Waals surface area contributed by atoms with Crippen molar-refractivity contribution in [1.82, 2.24) is 19.7 Å². The quantitative estimate of drug-likeness (QED) is 0.332. The summed E-state index contributed by atoms with van der Waals surface area (Å²) < 4.78 is 30.1. The molecule has 0 atom stereocenters. The number of H-pyrrole nitrogens is 1. The molecule has 3 heterocycles. The third kappa shape index (κ3) is 4.51. The molecule has 5 rings (SSSR count). The molecule has 9 nitrogen and oxygen atoms in total. The lowest BCUT2D eigenvalue weighted by Gasteiger charge is -2.07. The van der Waals surface area contributed by atoms with Crippen LogP contribution < -0.4 is 10.3 Å². The zero-order valence-corrected chi connectivity index (χ0v) is 20.4. The van der Waals surface area contributed by atoms with E-state index in [-0.39, 0.29) is 16.3 Å². The summed E-state index contributed by atoms with van der Waals surface area (Å²) >= 11 is 1.42. The van der Waals surface area contributed by atoms with E-state index in [9.17, 15) is 13.2 Å². The van der Waals surface area contributed by atoms with E-state index in [0.29, 0.717) is 27.8 Å². The van der Waals surface area contributed by atoms with Crippen LogP contribution in [0.4, 0.5) is 11.5 Å². The first kappa shape index (κ1) is 22.7. The molecule has 0 aliphatic rings. The van der Waals surface area contributed by atoms with E-state index in [1.54, 1.807) is 44.2 Å². The largest absolute Gasteiger partial charge is 0.293 e. The Kier molecular flexibility index (Phi) is 5.79. The predicted octanol–water partition coefficient (Wildman–Crippen LogP) is 4.42. The minimum absolute atomic E-state index is 0.0794. The highest BCUT2D eigenvalue weighted by molar-refractivity contribution is 7.92. The zero-order valence-electron chi connectivity index (χ0n) is 18.8. The van der Waals surface area contributed by atoms with Crippen molar-refractivity contribution in [3.63, 3.8) is 0 Å². The molecule has 0 saturated carbocycles. The standard InChI is InChI=1S/C24H20N6O3S2/c1-15(22-16(2)28-30(23(22)31)24-27-19-7-3-4-8-20(19)34-24)26-17-10-12-18(13-11-17)35(32,33)29-21-9-5-6-14-25-21/h3-14,28H,1-2H3,(H,25,29). The third-order valence-electron chi connectivity index (χ3n) is 5.25. The molecule has 0 aliphatic carbocycles. The second-order valence-corrected chi connectivity index (χ2v) is 10.4. The van der Waals surface area contributed by atoms with Crippen LogP contribution in [0.5, 0.6) is 0 Å². The molecular weight excluding hydrogens is 484 g/mol. The number of aromatic amines is 1. The Balaban J connectivity index is 1.42. The van der Waals surface area contributed by atoms with Crippen LogP contribution in [0, 0.1) is 6.92 Å². The summed E-state index contributed by atoms with van der Waals surface area (Å²) in [5.41, 5.74) is 2.71. The zero-order chi connectivity index (χ0) is 24.6. The number of fused-ring (bicyclic) bond motifs is 1. The number of rotatable bonds is 6. The van der Waals surface area contributed by atoms with Crippen LogP contribution in [0.1, 0.15) is 18.2 Å². The Morgan fingerprint density at radius 3 is 2.51 bits per heavy atom. The second kappa shape index (κ2) is 8.93. The SMILES string of the molecule is CC(=Nc1ccc(S(=O)(=O)Nc2ccccn2)cc1)c1c(C)[nH]n(-c2nc3ccccc3s2)c1=O. The van der Waals surface area contributed by atoms with E-state index in [4.69, 9.17) is 0 Å². The number of anilines is 1. The van der Waals surface area contributed by atoms with Gasteiger partial charge < -0.3 is 0 Å². The van der Waals surface area contributed by atoms with Crippen molar-refractivity contribution < 1.29 is 8.42 Å². The second-order valence-electron chi connectivity index (χ2n) is 7.73. The first-order valence-electron chi connectivity index (χ1n) is 10.6. The number of benzene rings is 2. The molecule has 176 valence electrons. The Morgan fingerprint density at radius 1 is 1.06 bits per heavy atom. The van der Waals surface area contributed by atoms with Crippen molar-refractivity contribution in [3.8, 4) is 5.13 Å². The molecule has 0 saturated heterocycles. The van der Waals surface area contributed by atoms with Gasteiger partial charge in [-0.25, -0.2) is 18.4 Å². The highest BCUT2D eigenvalue weighted by Crippen LogP contribution is 2.24. The molecule has 2 N–H and O–H groups in total. The Labute approximate surface area is 204 Å². The minimum Gasteiger partial charge on any atom is -0.293 e. The lowest BCUT2D eigenvalue weighted by Crippen LogP contribution is -2.19. The van der Waals surface area contributed by atoms with Crippen LogP contribution in [0.15, 0.2) is 87.6 Å². The molecule has 2 aromatic carbocycles. The molecule has 11 heteroatoms. The number of aryl methyl sites for hydroxylation is 1. The predicted molar refractivity (Wildman–Crippen MR) is 138 cm³/mol. The summed E-state index contributed by atoms with van der Waals surface area (Å²) in [5.74, 6) is 0.234. The first-order chi connectivity index (χ1) is 16.8. The van der Waals surface area contributed by atoms with Crippen molar-refractivity contribution in [3.05, 3.63) is 94.5 Å². The molecule has 0 fully saturated rings. The summed E-state index contributed by atoms with van der Waals surface area (Å²) in [5, 5.41) is 3.64. The minimum atomic E-state index is -3.79. The van der Waals surface area contributed by atoms with Crippen LogP contribution in [-0.4, -0.2) is 33.9 Å². The number of hydrogen-bond acceptors (Lipinski definition) is 7. The summed E-state index contributed by atoms with van der Waals surface area (Å²) in [6.45, 7) is 3.55. The maximum Gasteiger partial charge on any atom is 0.282 e. The molecule has 0 unspecified atom stereocenters. The van der Waals surface area contributed by atoms with Crippen molar-refractivity contribution >= 4 is 48.8 Å². The average Bonchev–Trinajstić information content (AvgIpc) is 3.40.